The van der Waals surface area contributed by atoms with Crippen LogP contribution < -0.4 is 20.1 Å². The van der Waals surface area contributed by atoms with E-state index in [4.69, 9.17) is 21.1 Å². The van der Waals surface area contributed by atoms with E-state index < -0.39 is 0 Å². The second-order valence-electron chi connectivity index (χ2n) is 6.22. The largest absolute Gasteiger partial charge is 0.454 e. The van der Waals surface area contributed by atoms with Crippen molar-refractivity contribution in [2.24, 2.45) is 0 Å². The van der Waals surface area contributed by atoms with Gasteiger partial charge in [0.05, 0.1) is 5.69 Å². The predicted molar refractivity (Wildman–Crippen MR) is 104 cm³/mol. The van der Waals surface area contributed by atoms with Crippen molar-refractivity contribution >= 4 is 34.9 Å². The standard InChI is InChI=1S/C20H19ClN2O5/c1-12(24)15-9-17-18(28-11-27-17)10-16(15)23-19(25)3-2-8-22-20(26)13-4-6-14(21)7-5-13/h4-7,9-10H,2-3,8,11H2,1H3,(H,22,26)(H,23,25). The summed E-state index contributed by atoms with van der Waals surface area (Å²) in [7, 11) is 0. The molecule has 3 rings (SSSR count). The molecule has 2 N–H and O–H groups in total. The van der Waals surface area contributed by atoms with E-state index in [1.807, 2.05) is 0 Å². The van der Waals surface area contributed by atoms with Gasteiger partial charge in [-0.25, -0.2) is 0 Å². The highest BCUT2D eigenvalue weighted by Crippen LogP contribution is 2.37. The molecule has 1 heterocycles. The number of Topliss-reactive ketones (excluding diaryl/α,β-unsaturated/α-hetero) is 1. The van der Waals surface area contributed by atoms with Crippen molar-refractivity contribution in [1.29, 1.82) is 0 Å². The normalized spacial score (nSPS) is 11.8. The molecule has 1 aliphatic heterocycles. The summed E-state index contributed by atoms with van der Waals surface area (Å²) < 4.78 is 10.5. The molecule has 0 radical (unpaired) electrons. The topological polar surface area (TPSA) is 93.7 Å². The van der Waals surface area contributed by atoms with E-state index in [-0.39, 0.29) is 30.8 Å². The first-order chi connectivity index (χ1) is 13.4. The van der Waals surface area contributed by atoms with Crippen LogP contribution in [0.25, 0.3) is 0 Å². The molecule has 0 fully saturated rings. The van der Waals surface area contributed by atoms with Crippen LogP contribution in [0.1, 0.15) is 40.5 Å². The average Bonchev–Trinajstić information content (AvgIpc) is 3.12. The van der Waals surface area contributed by atoms with Gasteiger partial charge in [-0.3, -0.25) is 14.4 Å². The fourth-order valence-corrected chi connectivity index (χ4v) is 2.83. The Hall–Kier alpha value is -3.06. The zero-order valence-corrected chi connectivity index (χ0v) is 16.0. The highest BCUT2D eigenvalue weighted by Gasteiger charge is 2.20. The van der Waals surface area contributed by atoms with E-state index in [0.29, 0.717) is 46.3 Å². The summed E-state index contributed by atoms with van der Waals surface area (Å²) in [6.45, 7) is 1.84. The SMILES string of the molecule is CC(=O)c1cc2c(cc1NC(=O)CCCNC(=O)c1ccc(Cl)cc1)OCO2. The Kier molecular flexibility index (Phi) is 6.16. The fraction of sp³-hybridized carbons (Fsp3) is 0.250. The number of nitrogens with one attached hydrogen (secondary N) is 2. The number of amides is 2. The lowest BCUT2D eigenvalue weighted by atomic mass is 10.1. The van der Waals surface area contributed by atoms with Crippen molar-refractivity contribution in [2.45, 2.75) is 19.8 Å². The van der Waals surface area contributed by atoms with Gasteiger partial charge in [0, 0.05) is 35.2 Å². The van der Waals surface area contributed by atoms with Gasteiger partial charge < -0.3 is 20.1 Å². The Morgan fingerprint density at radius 3 is 2.43 bits per heavy atom. The Morgan fingerprint density at radius 2 is 1.75 bits per heavy atom. The molecule has 146 valence electrons. The van der Waals surface area contributed by atoms with Crippen molar-refractivity contribution in [2.75, 3.05) is 18.7 Å². The number of rotatable bonds is 7. The molecule has 7 nitrogen and oxygen atoms in total. The molecule has 2 aromatic rings. The first-order valence-electron chi connectivity index (χ1n) is 8.72. The maximum absolute atomic E-state index is 12.2. The molecular formula is C20H19ClN2O5. The minimum Gasteiger partial charge on any atom is -0.454 e. The molecule has 1 aliphatic rings. The lowest BCUT2D eigenvalue weighted by Crippen LogP contribution is -2.25. The van der Waals surface area contributed by atoms with Gasteiger partial charge in [0.1, 0.15) is 0 Å². The van der Waals surface area contributed by atoms with Gasteiger partial charge in [0.25, 0.3) is 5.91 Å². The summed E-state index contributed by atoms with van der Waals surface area (Å²) in [4.78, 5) is 36.1. The number of hydrogen-bond donors (Lipinski definition) is 2. The van der Waals surface area contributed by atoms with Crippen molar-refractivity contribution < 1.29 is 23.9 Å². The minimum atomic E-state index is -0.262. The number of halogens is 1. The minimum absolute atomic E-state index is 0.0807. The Bertz CT molecular complexity index is 912. The fourth-order valence-electron chi connectivity index (χ4n) is 2.70. The molecule has 0 aliphatic carbocycles. The molecule has 8 heteroatoms. The number of anilines is 1. The highest BCUT2D eigenvalue weighted by atomic mass is 35.5. The van der Waals surface area contributed by atoms with Gasteiger partial charge in [-0.15, -0.1) is 0 Å². The van der Waals surface area contributed by atoms with Crippen molar-refractivity contribution in [3.63, 3.8) is 0 Å². The first-order valence-corrected chi connectivity index (χ1v) is 9.10. The number of hydrogen-bond acceptors (Lipinski definition) is 5. The van der Waals surface area contributed by atoms with Crippen LogP contribution in [0.15, 0.2) is 36.4 Å². The number of fused-ring (bicyclic) bond motifs is 1. The monoisotopic (exact) mass is 402 g/mol. The second-order valence-corrected chi connectivity index (χ2v) is 6.66. The summed E-state index contributed by atoms with van der Waals surface area (Å²) in [5.41, 5.74) is 1.24. The molecule has 0 saturated carbocycles. The number of carbonyl (C=O) groups excluding carboxylic acids is 3. The van der Waals surface area contributed by atoms with Crippen LogP contribution in [0.5, 0.6) is 11.5 Å². The van der Waals surface area contributed by atoms with Gasteiger partial charge in [-0.2, -0.15) is 0 Å². The number of ether oxygens (including phenoxy) is 2. The molecule has 2 amide bonds. The van der Waals surface area contributed by atoms with Gasteiger partial charge in [-0.1, -0.05) is 11.6 Å². The number of benzene rings is 2. The molecule has 0 spiro atoms. The van der Waals surface area contributed by atoms with E-state index in [9.17, 15) is 14.4 Å². The molecule has 28 heavy (non-hydrogen) atoms. The maximum Gasteiger partial charge on any atom is 0.251 e. The lowest BCUT2D eigenvalue weighted by molar-refractivity contribution is -0.116. The second kappa shape index (κ2) is 8.75. The van der Waals surface area contributed by atoms with Crippen molar-refractivity contribution in [1.82, 2.24) is 5.32 Å². The van der Waals surface area contributed by atoms with E-state index in [1.54, 1.807) is 36.4 Å². The van der Waals surface area contributed by atoms with Crippen molar-refractivity contribution in [3.8, 4) is 11.5 Å². The van der Waals surface area contributed by atoms with E-state index in [0.717, 1.165) is 0 Å². The van der Waals surface area contributed by atoms with Gasteiger partial charge >= 0.3 is 0 Å². The molecule has 0 atom stereocenters. The third-order valence-electron chi connectivity index (χ3n) is 4.14. The third kappa shape index (κ3) is 4.80. The van der Waals surface area contributed by atoms with E-state index in [1.165, 1.54) is 6.92 Å². The zero-order valence-electron chi connectivity index (χ0n) is 15.2. The lowest BCUT2D eigenvalue weighted by Gasteiger charge is -2.11. The summed E-state index contributed by atoms with van der Waals surface area (Å²) >= 11 is 5.79. The summed E-state index contributed by atoms with van der Waals surface area (Å²) in [5, 5.41) is 6.03. The Morgan fingerprint density at radius 1 is 1.07 bits per heavy atom. The number of ketones is 1. The van der Waals surface area contributed by atoms with Crippen LogP contribution in [-0.4, -0.2) is 30.9 Å². The van der Waals surface area contributed by atoms with Crippen LogP contribution >= 0.6 is 11.6 Å². The average molecular weight is 403 g/mol. The van der Waals surface area contributed by atoms with Gasteiger partial charge in [-0.05, 0) is 43.7 Å². The van der Waals surface area contributed by atoms with Gasteiger partial charge in [0.15, 0.2) is 17.3 Å². The molecule has 2 aromatic carbocycles. The van der Waals surface area contributed by atoms with Gasteiger partial charge in [0.2, 0.25) is 12.7 Å². The van der Waals surface area contributed by atoms with Crippen LogP contribution in [0.2, 0.25) is 5.02 Å². The first kappa shape index (κ1) is 19.7. The summed E-state index contributed by atoms with van der Waals surface area (Å²) in [6, 6.07) is 9.69. The molecule has 0 bridgehead atoms. The third-order valence-corrected chi connectivity index (χ3v) is 4.39. The molecule has 0 aromatic heterocycles. The highest BCUT2D eigenvalue weighted by molar-refractivity contribution is 6.30. The van der Waals surface area contributed by atoms with E-state index >= 15 is 0 Å². The Labute approximate surface area is 167 Å². The van der Waals surface area contributed by atoms with Crippen LogP contribution in [0.3, 0.4) is 0 Å². The smallest absolute Gasteiger partial charge is 0.251 e. The van der Waals surface area contributed by atoms with Crippen LogP contribution in [0, 0.1) is 0 Å². The summed E-state index contributed by atoms with van der Waals surface area (Å²) in [6.07, 6.45) is 0.637. The zero-order chi connectivity index (χ0) is 20.1. The molecule has 0 saturated heterocycles. The predicted octanol–water partition coefficient (Wildman–Crippen LogP) is 3.42. The quantitative estimate of drug-likeness (QED) is 0.546. The van der Waals surface area contributed by atoms with Crippen LogP contribution in [0.4, 0.5) is 5.69 Å². The Balaban J connectivity index is 1.50. The molecular weight excluding hydrogens is 384 g/mol. The number of carbonyl (C=O) groups is 3. The summed E-state index contributed by atoms with van der Waals surface area (Å²) in [5.74, 6) is 0.279. The maximum atomic E-state index is 12.2. The van der Waals surface area contributed by atoms with E-state index in [2.05, 4.69) is 10.6 Å². The van der Waals surface area contributed by atoms with Crippen molar-refractivity contribution in [3.05, 3.63) is 52.5 Å². The molecule has 0 unspecified atom stereocenters. The van der Waals surface area contributed by atoms with Crippen LogP contribution in [-0.2, 0) is 4.79 Å².